The number of carbonyl (C=O) groups is 1. The number of carbonyl (C=O) groups excluding carboxylic acids is 1. The molecule has 2 aromatic carbocycles. The summed E-state index contributed by atoms with van der Waals surface area (Å²) in [5.41, 5.74) is 0.642. The highest BCUT2D eigenvalue weighted by Crippen LogP contribution is 2.27. The second-order valence-electron chi connectivity index (χ2n) is 6.06. The fraction of sp³-hybridized carbons (Fsp3) is 0.278. The van der Waals surface area contributed by atoms with Crippen molar-refractivity contribution in [1.29, 1.82) is 0 Å². The van der Waals surface area contributed by atoms with Gasteiger partial charge in [0, 0.05) is 23.7 Å². The number of ether oxygens (including phenoxy) is 1. The molecule has 0 radical (unpaired) electrons. The summed E-state index contributed by atoms with van der Waals surface area (Å²) in [5.74, 6) is -2.07. The number of fused-ring (bicyclic) bond motifs is 1. The predicted molar refractivity (Wildman–Crippen MR) is 86.4 cm³/mol. The van der Waals surface area contributed by atoms with Gasteiger partial charge in [0.15, 0.2) is 0 Å². The van der Waals surface area contributed by atoms with Gasteiger partial charge in [0.05, 0.1) is 12.6 Å². The first-order valence-corrected chi connectivity index (χ1v) is 7.95. The molecule has 1 aliphatic rings. The number of amides is 1. The average molecular weight is 366 g/mol. The fourth-order valence-corrected chi connectivity index (χ4v) is 2.81. The summed E-state index contributed by atoms with van der Waals surface area (Å²) in [5, 5.41) is 12.6. The molecule has 5 nitrogen and oxygen atoms in total. The molecular formula is C18H17F3N2O3. The van der Waals surface area contributed by atoms with E-state index in [2.05, 4.69) is 5.32 Å². The van der Waals surface area contributed by atoms with E-state index in [0.717, 1.165) is 12.1 Å². The Balaban J connectivity index is 1.64. The molecule has 1 aliphatic heterocycles. The molecule has 138 valence electrons. The van der Waals surface area contributed by atoms with E-state index in [0.29, 0.717) is 11.3 Å². The number of benzene rings is 2. The van der Waals surface area contributed by atoms with E-state index >= 15 is 0 Å². The first-order valence-electron chi connectivity index (χ1n) is 7.95. The Hall–Kier alpha value is -2.58. The third-order valence-corrected chi connectivity index (χ3v) is 4.09. The van der Waals surface area contributed by atoms with Gasteiger partial charge in [0.25, 0.3) is 6.41 Å². The summed E-state index contributed by atoms with van der Waals surface area (Å²) < 4.78 is 45.3. The Kier molecular flexibility index (Phi) is 5.15. The number of aliphatic hydroxyl groups is 1. The van der Waals surface area contributed by atoms with Gasteiger partial charge in [-0.2, -0.15) is 0 Å². The molecule has 0 saturated carbocycles. The molecule has 0 aliphatic carbocycles. The predicted octanol–water partition coefficient (Wildman–Crippen LogP) is 2.45. The number of nitrogens with zero attached hydrogens (tertiary/aromatic N) is 1. The molecule has 26 heavy (non-hydrogen) atoms. The van der Waals surface area contributed by atoms with Gasteiger partial charge in [-0.3, -0.25) is 4.79 Å². The van der Waals surface area contributed by atoms with Crippen molar-refractivity contribution in [3.8, 4) is 5.75 Å². The SMILES string of the molecule is C[C@H](NC(=O)CN1Cc2cc(F)ccc2OC1O)c1ccc(F)cc1F. The molecule has 2 aromatic rings. The number of hydrogen-bond donors (Lipinski definition) is 2. The summed E-state index contributed by atoms with van der Waals surface area (Å²) in [7, 11) is 0. The van der Waals surface area contributed by atoms with Crippen molar-refractivity contribution in [1.82, 2.24) is 10.2 Å². The molecule has 1 amide bonds. The normalized spacial score (nSPS) is 18.0. The van der Waals surface area contributed by atoms with Crippen LogP contribution in [0.15, 0.2) is 36.4 Å². The molecule has 0 bridgehead atoms. The number of hydrogen-bond acceptors (Lipinski definition) is 4. The van der Waals surface area contributed by atoms with Gasteiger partial charge in [-0.05, 0) is 31.2 Å². The monoisotopic (exact) mass is 366 g/mol. The van der Waals surface area contributed by atoms with E-state index in [1.165, 1.54) is 29.2 Å². The molecule has 0 spiro atoms. The number of halogens is 3. The highest BCUT2D eigenvalue weighted by molar-refractivity contribution is 5.78. The molecule has 1 heterocycles. The Morgan fingerprint density at radius 2 is 1.96 bits per heavy atom. The molecular weight excluding hydrogens is 349 g/mol. The van der Waals surface area contributed by atoms with E-state index in [9.17, 15) is 23.1 Å². The highest BCUT2D eigenvalue weighted by atomic mass is 19.1. The maximum absolute atomic E-state index is 13.8. The van der Waals surface area contributed by atoms with Crippen molar-refractivity contribution in [2.24, 2.45) is 0 Å². The number of nitrogens with one attached hydrogen (secondary N) is 1. The van der Waals surface area contributed by atoms with Crippen LogP contribution in [0.3, 0.4) is 0 Å². The Morgan fingerprint density at radius 1 is 1.27 bits per heavy atom. The molecule has 0 fully saturated rings. The van der Waals surface area contributed by atoms with Crippen LogP contribution in [0.5, 0.6) is 5.75 Å². The largest absolute Gasteiger partial charge is 0.451 e. The molecule has 3 rings (SSSR count). The lowest BCUT2D eigenvalue weighted by atomic mass is 10.1. The van der Waals surface area contributed by atoms with Crippen LogP contribution in [-0.4, -0.2) is 28.9 Å². The first kappa shape index (κ1) is 18.2. The molecule has 2 N–H and O–H groups in total. The summed E-state index contributed by atoms with van der Waals surface area (Å²) in [6.07, 6.45) is -1.36. The maximum Gasteiger partial charge on any atom is 0.260 e. The lowest BCUT2D eigenvalue weighted by molar-refractivity contribution is -0.160. The van der Waals surface area contributed by atoms with Crippen molar-refractivity contribution in [2.75, 3.05) is 6.54 Å². The van der Waals surface area contributed by atoms with Gasteiger partial charge in [-0.1, -0.05) is 6.07 Å². The van der Waals surface area contributed by atoms with Crippen molar-refractivity contribution in [2.45, 2.75) is 25.9 Å². The lowest BCUT2D eigenvalue weighted by Crippen LogP contribution is -2.47. The Bertz CT molecular complexity index is 831. The van der Waals surface area contributed by atoms with E-state index in [4.69, 9.17) is 4.74 Å². The molecule has 1 unspecified atom stereocenters. The van der Waals surface area contributed by atoms with Crippen molar-refractivity contribution >= 4 is 5.91 Å². The number of rotatable bonds is 4. The van der Waals surface area contributed by atoms with Gasteiger partial charge >= 0.3 is 0 Å². The molecule has 8 heteroatoms. The van der Waals surface area contributed by atoms with E-state index < -0.39 is 35.8 Å². The van der Waals surface area contributed by atoms with Gasteiger partial charge in [-0.15, -0.1) is 0 Å². The van der Waals surface area contributed by atoms with Crippen molar-refractivity contribution in [3.63, 3.8) is 0 Å². The van der Waals surface area contributed by atoms with Crippen LogP contribution in [0, 0.1) is 17.5 Å². The van der Waals surface area contributed by atoms with Gasteiger partial charge < -0.3 is 15.2 Å². The van der Waals surface area contributed by atoms with Gasteiger partial charge in [-0.25, -0.2) is 18.1 Å². The molecule has 2 atom stereocenters. The van der Waals surface area contributed by atoms with Crippen LogP contribution in [0.2, 0.25) is 0 Å². The maximum atomic E-state index is 13.8. The van der Waals surface area contributed by atoms with E-state index in [1.54, 1.807) is 6.92 Å². The van der Waals surface area contributed by atoms with Crippen LogP contribution in [0.25, 0.3) is 0 Å². The Labute approximate surface area is 148 Å². The minimum atomic E-state index is -1.36. The smallest absolute Gasteiger partial charge is 0.260 e. The van der Waals surface area contributed by atoms with Crippen LogP contribution < -0.4 is 10.1 Å². The van der Waals surface area contributed by atoms with Gasteiger partial charge in [0.1, 0.15) is 23.2 Å². The fourth-order valence-electron chi connectivity index (χ4n) is 2.81. The minimum Gasteiger partial charge on any atom is -0.451 e. The van der Waals surface area contributed by atoms with E-state index in [-0.39, 0.29) is 18.7 Å². The summed E-state index contributed by atoms with van der Waals surface area (Å²) in [4.78, 5) is 13.5. The minimum absolute atomic E-state index is 0.112. The Morgan fingerprint density at radius 3 is 2.69 bits per heavy atom. The zero-order valence-electron chi connectivity index (χ0n) is 13.9. The third-order valence-electron chi connectivity index (χ3n) is 4.09. The van der Waals surface area contributed by atoms with Gasteiger partial charge in [0.2, 0.25) is 5.91 Å². The van der Waals surface area contributed by atoms with Crippen LogP contribution in [0.4, 0.5) is 13.2 Å². The summed E-state index contributed by atoms with van der Waals surface area (Å²) >= 11 is 0. The first-order chi connectivity index (χ1) is 12.3. The standard InChI is InChI=1S/C18H17F3N2O3/c1-10(14-4-2-13(20)7-15(14)21)22-17(24)9-23-8-11-6-12(19)3-5-16(11)26-18(23)25/h2-7,10,18,25H,8-9H2,1H3,(H,22,24)/t10-,18?/m0/s1. The third kappa shape index (κ3) is 3.97. The topological polar surface area (TPSA) is 61.8 Å². The second-order valence-corrected chi connectivity index (χ2v) is 6.06. The lowest BCUT2D eigenvalue weighted by Gasteiger charge is -2.33. The second kappa shape index (κ2) is 7.35. The average Bonchev–Trinajstić information content (AvgIpc) is 2.55. The number of aliphatic hydroxyl groups excluding tert-OH is 1. The molecule has 0 aromatic heterocycles. The summed E-state index contributed by atoms with van der Waals surface area (Å²) in [6, 6.07) is 6.30. The van der Waals surface area contributed by atoms with E-state index in [1.807, 2.05) is 0 Å². The van der Waals surface area contributed by atoms with Crippen LogP contribution in [-0.2, 0) is 11.3 Å². The van der Waals surface area contributed by atoms with Crippen molar-refractivity contribution in [3.05, 3.63) is 65.0 Å². The summed E-state index contributed by atoms with van der Waals surface area (Å²) in [6.45, 7) is 1.42. The quantitative estimate of drug-likeness (QED) is 0.873. The zero-order chi connectivity index (χ0) is 18.8. The molecule has 0 saturated heterocycles. The van der Waals surface area contributed by atoms with Crippen molar-refractivity contribution < 1.29 is 27.8 Å². The van der Waals surface area contributed by atoms with Crippen LogP contribution >= 0.6 is 0 Å². The van der Waals surface area contributed by atoms with Crippen LogP contribution in [0.1, 0.15) is 24.1 Å². The zero-order valence-corrected chi connectivity index (χ0v) is 13.9. The highest BCUT2D eigenvalue weighted by Gasteiger charge is 2.28.